The maximum absolute atomic E-state index is 13.1. The minimum absolute atomic E-state index is 0.0712. The van der Waals surface area contributed by atoms with Gasteiger partial charge in [0.1, 0.15) is 11.4 Å². The highest BCUT2D eigenvalue weighted by atomic mass is 16.6. The molecule has 166 valence electrons. The molecule has 4 rings (SSSR count). The van der Waals surface area contributed by atoms with Crippen LogP contribution >= 0.6 is 0 Å². The summed E-state index contributed by atoms with van der Waals surface area (Å²) in [5, 5.41) is 9.37. The van der Waals surface area contributed by atoms with Gasteiger partial charge in [0.25, 0.3) is 0 Å². The number of pyridine rings is 1. The Bertz CT molecular complexity index is 1060. The lowest BCUT2D eigenvalue weighted by Crippen LogP contribution is -2.48. The molecule has 0 radical (unpaired) electrons. The molecule has 1 fully saturated rings. The van der Waals surface area contributed by atoms with Gasteiger partial charge in [-0.15, -0.1) is 0 Å². The van der Waals surface area contributed by atoms with Crippen LogP contribution in [0.5, 0.6) is 0 Å². The summed E-state index contributed by atoms with van der Waals surface area (Å²) >= 11 is 0. The molecule has 0 spiro atoms. The predicted molar refractivity (Wildman–Crippen MR) is 125 cm³/mol. The van der Waals surface area contributed by atoms with Crippen LogP contribution in [0.15, 0.2) is 72.9 Å². The SMILES string of the molecule is C[C@@H](c1ccc(-c2ccnc(N)c2)cc1)N1CCC(CCCO)(c2ccccc2)OC1=O. The first-order valence-electron chi connectivity index (χ1n) is 11.0. The first-order chi connectivity index (χ1) is 15.5. The van der Waals surface area contributed by atoms with Crippen LogP contribution in [-0.4, -0.2) is 34.2 Å². The van der Waals surface area contributed by atoms with E-state index in [1.54, 1.807) is 11.1 Å². The van der Waals surface area contributed by atoms with Gasteiger partial charge < -0.3 is 20.5 Å². The molecular weight excluding hydrogens is 402 g/mol. The van der Waals surface area contributed by atoms with Crippen molar-refractivity contribution in [3.63, 3.8) is 0 Å². The standard InChI is InChI=1S/C26H29N3O3/c1-19(20-8-10-21(11-9-20)22-12-15-28-24(27)18-22)29-16-14-26(13-5-17-30,32-25(29)31)23-6-3-2-4-7-23/h2-4,6-12,15,18-19,30H,5,13-14,16-17H2,1H3,(H2,27,28)/t19-,26?/m0/s1. The van der Waals surface area contributed by atoms with Crippen molar-refractivity contribution in [1.29, 1.82) is 0 Å². The number of ether oxygens (including phenoxy) is 1. The lowest BCUT2D eigenvalue weighted by Gasteiger charge is -2.43. The summed E-state index contributed by atoms with van der Waals surface area (Å²) in [5.74, 6) is 0.485. The largest absolute Gasteiger partial charge is 0.438 e. The van der Waals surface area contributed by atoms with E-state index in [0.717, 1.165) is 22.3 Å². The molecule has 2 aromatic carbocycles. The van der Waals surface area contributed by atoms with Crippen LogP contribution in [0.2, 0.25) is 0 Å². The number of nitrogens with zero attached hydrogens (tertiary/aromatic N) is 2. The Kier molecular flexibility index (Phi) is 6.42. The Morgan fingerprint density at radius 3 is 2.53 bits per heavy atom. The van der Waals surface area contributed by atoms with Gasteiger partial charge in [0, 0.05) is 25.8 Å². The molecule has 0 saturated carbocycles. The van der Waals surface area contributed by atoms with Gasteiger partial charge in [0.05, 0.1) is 6.04 Å². The van der Waals surface area contributed by atoms with Gasteiger partial charge in [0.2, 0.25) is 0 Å². The van der Waals surface area contributed by atoms with Gasteiger partial charge in [-0.05, 0) is 54.2 Å². The fourth-order valence-corrected chi connectivity index (χ4v) is 4.41. The van der Waals surface area contributed by atoms with Crippen molar-refractivity contribution in [2.45, 2.75) is 37.8 Å². The number of amides is 1. The van der Waals surface area contributed by atoms with Crippen LogP contribution in [0, 0.1) is 0 Å². The third kappa shape index (κ3) is 4.46. The van der Waals surface area contributed by atoms with Gasteiger partial charge in [-0.3, -0.25) is 0 Å². The molecule has 6 heteroatoms. The van der Waals surface area contributed by atoms with Gasteiger partial charge in [-0.25, -0.2) is 9.78 Å². The number of nitrogens with two attached hydrogens (primary N) is 1. The number of nitrogen functional groups attached to an aromatic ring is 1. The van der Waals surface area contributed by atoms with E-state index in [1.165, 1.54) is 0 Å². The average molecular weight is 432 g/mol. The van der Waals surface area contributed by atoms with E-state index in [0.29, 0.717) is 31.6 Å². The van der Waals surface area contributed by atoms with E-state index in [4.69, 9.17) is 10.5 Å². The number of hydrogen-bond acceptors (Lipinski definition) is 5. The molecule has 3 N–H and O–H groups in total. The van der Waals surface area contributed by atoms with Crippen LogP contribution < -0.4 is 5.73 Å². The maximum Gasteiger partial charge on any atom is 0.411 e. The molecule has 1 aromatic heterocycles. The summed E-state index contributed by atoms with van der Waals surface area (Å²) in [4.78, 5) is 18.9. The number of carbonyl (C=O) groups excluding carboxylic acids is 1. The molecule has 1 saturated heterocycles. The minimum atomic E-state index is -0.692. The molecule has 0 aliphatic carbocycles. The van der Waals surface area contributed by atoms with E-state index in [-0.39, 0.29) is 18.7 Å². The van der Waals surface area contributed by atoms with Gasteiger partial charge in [0.15, 0.2) is 0 Å². The molecule has 1 unspecified atom stereocenters. The summed E-state index contributed by atoms with van der Waals surface area (Å²) in [6, 6.07) is 21.6. The fraction of sp³-hybridized carbons (Fsp3) is 0.308. The predicted octanol–water partition coefficient (Wildman–Crippen LogP) is 4.90. The highest BCUT2D eigenvalue weighted by Gasteiger charge is 2.43. The Morgan fingerprint density at radius 2 is 1.88 bits per heavy atom. The Morgan fingerprint density at radius 1 is 1.12 bits per heavy atom. The van der Waals surface area contributed by atoms with Crippen molar-refractivity contribution in [3.05, 3.63) is 84.1 Å². The van der Waals surface area contributed by atoms with Crippen molar-refractivity contribution < 1.29 is 14.6 Å². The number of anilines is 1. The molecule has 1 amide bonds. The van der Waals surface area contributed by atoms with Gasteiger partial charge in [-0.1, -0.05) is 54.6 Å². The number of aliphatic hydroxyl groups excluding tert-OH is 1. The Labute approximate surface area is 188 Å². The van der Waals surface area contributed by atoms with E-state index < -0.39 is 5.60 Å². The summed E-state index contributed by atoms with van der Waals surface area (Å²) in [6.07, 6.45) is 3.24. The highest BCUT2D eigenvalue weighted by Crippen LogP contribution is 2.40. The van der Waals surface area contributed by atoms with Crippen LogP contribution in [-0.2, 0) is 10.3 Å². The molecule has 2 atom stereocenters. The first kappa shape index (κ1) is 21.8. The van der Waals surface area contributed by atoms with Crippen LogP contribution in [0.3, 0.4) is 0 Å². The zero-order chi connectivity index (χ0) is 22.6. The normalized spacial score (nSPS) is 19.4. The highest BCUT2D eigenvalue weighted by molar-refractivity contribution is 5.70. The Hall–Kier alpha value is -3.38. The average Bonchev–Trinajstić information content (AvgIpc) is 2.83. The van der Waals surface area contributed by atoms with Crippen molar-refractivity contribution in [2.75, 3.05) is 18.9 Å². The lowest BCUT2D eigenvalue weighted by atomic mass is 9.84. The summed E-state index contributed by atoms with van der Waals surface area (Å²) in [7, 11) is 0. The van der Waals surface area contributed by atoms with Crippen molar-refractivity contribution in [1.82, 2.24) is 9.88 Å². The second kappa shape index (κ2) is 9.40. The molecule has 6 nitrogen and oxygen atoms in total. The number of cyclic esters (lactones) is 1. The molecular formula is C26H29N3O3. The number of carbonyl (C=O) groups is 1. The topological polar surface area (TPSA) is 88.7 Å². The zero-order valence-corrected chi connectivity index (χ0v) is 18.3. The number of benzene rings is 2. The number of rotatable bonds is 7. The quantitative estimate of drug-likeness (QED) is 0.555. The third-order valence-corrected chi connectivity index (χ3v) is 6.29. The molecule has 0 bridgehead atoms. The molecule has 3 aromatic rings. The summed E-state index contributed by atoms with van der Waals surface area (Å²) < 4.78 is 6.08. The minimum Gasteiger partial charge on any atom is -0.438 e. The third-order valence-electron chi connectivity index (χ3n) is 6.29. The monoisotopic (exact) mass is 431 g/mol. The molecule has 1 aliphatic rings. The van der Waals surface area contributed by atoms with Crippen molar-refractivity contribution in [3.8, 4) is 11.1 Å². The van der Waals surface area contributed by atoms with Gasteiger partial charge in [-0.2, -0.15) is 0 Å². The van der Waals surface area contributed by atoms with Crippen LogP contribution in [0.4, 0.5) is 10.6 Å². The van der Waals surface area contributed by atoms with Crippen molar-refractivity contribution in [2.24, 2.45) is 0 Å². The number of hydrogen-bond donors (Lipinski definition) is 2. The van der Waals surface area contributed by atoms with Crippen LogP contribution in [0.1, 0.15) is 43.4 Å². The van der Waals surface area contributed by atoms with Crippen molar-refractivity contribution >= 4 is 11.9 Å². The second-order valence-corrected chi connectivity index (χ2v) is 8.27. The smallest absolute Gasteiger partial charge is 0.411 e. The van der Waals surface area contributed by atoms with E-state index >= 15 is 0 Å². The summed E-state index contributed by atoms with van der Waals surface area (Å²) in [6.45, 7) is 2.68. The lowest BCUT2D eigenvalue weighted by molar-refractivity contribution is -0.0680. The van der Waals surface area contributed by atoms with E-state index in [1.807, 2.05) is 73.7 Å². The number of aromatic nitrogens is 1. The van der Waals surface area contributed by atoms with E-state index in [2.05, 4.69) is 4.98 Å². The second-order valence-electron chi connectivity index (χ2n) is 8.27. The maximum atomic E-state index is 13.1. The van der Waals surface area contributed by atoms with E-state index in [9.17, 15) is 9.90 Å². The molecule has 1 aliphatic heterocycles. The van der Waals surface area contributed by atoms with Crippen LogP contribution in [0.25, 0.3) is 11.1 Å². The molecule has 32 heavy (non-hydrogen) atoms. The Balaban J connectivity index is 1.51. The van der Waals surface area contributed by atoms with Gasteiger partial charge >= 0.3 is 6.09 Å². The summed E-state index contributed by atoms with van der Waals surface area (Å²) in [5.41, 5.74) is 9.17. The first-order valence-corrected chi connectivity index (χ1v) is 11.0. The fourth-order valence-electron chi connectivity index (χ4n) is 4.41. The number of aliphatic hydroxyl groups is 1. The zero-order valence-electron chi connectivity index (χ0n) is 18.3. The molecule has 2 heterocycles.